The third-order valence-corrected chi connectivity index (χ3v) is 0. The minimum atomic E-state index is -3.63. The molecule has 0 heterocycles. The average Bonchev–Trinajstić information content (AvgIpc) is 1.94. The van der Waals surface area contributed by atoms with Crippen molar-refractivity contribution in [2.75, 3.05) is 0 Å². The largest absolute Gasteiger partial charge is 2.00 e. The smallest absolute Gasteiger partial charge is 0.870 e. The summed E-state index contributed by atoms with van der Waals surface area (Å²) in [6, 6.07) is 0. The molecule has 0 amide bonds. The van der Waals surface area contributed by atoms with E-state index in [1.165, 1.54) is 0 Å². The molecule has 34 heavy (non-hydrogen) atoms. The fourth-order valence-electron chi connectivity index (χ4n) is 0. The average molecular weight is 819 g/mol. The van der Waals surface area contributed by atoms with Crippen molar-refractivity contribution in [1.82, 2.24) is 0 Å². The van der Waals surface area contributed by atoms with Gasteiger partial charge in [0.2, 0.25) is 0 Å². The molecular formula is H5Ca3Mn3Na3O20Si5. The van der Waals surface area contributed by atoms with Crippen molar-refractivity contribution in [2.24, 2.45) is 0 Å². The summed E-state index contributed by atoms with van der Waals surface area (Å²) in [4.78, 5) is 85.2. The van der Waals surface area contributed by atoms with Crippen LogP contribution >= 0.6 is 0 Å². The van der Waals surface area contributed by atoms with E-state index in [1.807, 2.05) is 0 Å². The van der Waals surface area contributed by atoms with Crippen molar-refractivity contribution < 1.29 is 238 Å². The van der Waals surface area contributed by atoms with Gasteiger partial charge in [-0.3, -0.25) is 0 Å². The van der Waals surface area contributed by atoms with Crippen molar-refractivity contribution >= 4 is 159 Å². The summed E-state index contributed by atoms with van der Waals surface area (Å²) < 4.78 is 42.6. The third kappa shape index (κ3) is 1370. The van der Waals surface area contributed by atoms with Crippen LogP contribution in [0.15, 0.2) is 0 Å². The molecule has 0 aliphatic heterocycles. The van der Waals surface area contributed by atoms with E-state index in [0.29, 0.717) is 0 Å². The van der Waals surface area contributed by atoms with Crippen molar-refractivity contribution in [2.45, 2.75) is 0 Å². The number of rotatable bonds is 0. The van der Waals surface area contributed by atoms with Crippen LogP contribution in [-0.4, -0.2) is 186 Å². The molecule has 0 aliphatic rings. The predicted octanol–water partition coefficient (Wildman–Crippen LogP) is -25.4. The fourth-order valence-corrected chi connectivity index (χ4v) is 0. The van der Waals surface area contributed by atoms with E-state index < -0.39 is 45.9 Å². The first kappa shape index (κ1) is 137. The third-order valence-electron chi connectivity index (χ3n) is 0. The number of hydrogen-bond acceptors (Lipinski definition) is 20. The zero-order chi connectivity index (χ0) is 17.9. The Bertz CT molecular complexity index is 245. The Kier molecular flexibility index (Phi) is 514. The molecule has 0 aliphatic carbocycles. The normalized spacial score (nSPS) is 3.53. The monoisotopic (exact) mass is 818 g/mol. The summed E-state index contributed by atoms with van der Waals surface area (Å²) in [6.07, 6.45) is 0. The summed E-state index contributed by atoms with van der Waals surface area (Å²) in [5, 5.41) is 0. The van der Waals surface area contributed by atoms with E-state index in [9.17, 15) is 0 Å². The SMILES string of the molecule is O=[Si]([O-])[O-].O=[Si]([O-])[O-].O=[Si]([O-])[O-].O=[Si]([O-])[O-].O=[Si]([O-])[O-].[Ca+2].[Ca+2].[Ca+2].[Mn+2].[Mn+2].[Mn+2].[Na+].[Na+].[Na+].[OH-].[OH-].[OH-].[OH-].[OH-]. The Morgan fingerprint density at radius 3 is 0.294 bits per heavy atom. The standard InChI is InChI=1S/3Ca.3Mn.3Na.5O3Si.5H2O/c;;;;;;;;;5*1-4(2)3;;;;;/h;;;;;;;;;;;;;;5*1H2/q6*+2;3*+1;5*-2;;;;;/p-5. The first-order valence-corrected chi connectivity index (χ1v) is 9.19. The van der Waals surface area contributed by atoms with Gasteiger partial charge in [0.15, 0.2) is 0 Å². The summed E-state index contributed by atoms with van der Waals surface area (Å²) in [6.45, 7) is 0. The van der Waals surface area contributed by atoms with Crippen LogP contribution in [0.5, 0.6) is 0 Å². The molecule has 0 unspecified atom stereocenters. The van der Waals surface area contributed by atoms with Gasteiger partial charge in [-0.1, -0.05) is 0 Å². The van der Waals surface area contributed by atoms with Gasteiger partial charge in [0.05, 0.1) is 0 Å². The predicted molar refractivity (Wildman–Crippen MR) is 59.1 cm³/mol. The van der Waals surface area contributed by atoms with E-state index >= 15 is 0 Å². The van der Waals surface area contributed by atoms with Crippen LogP contribution in [0, 0.1) is 0 Å². The summed E-state index contributed by atoms with van der Waals surface area (Å²) in [5.41, 5.74) is 0. The van der Waals surface area contributed by atoms with Gasteiger partial charge in [-0.25, -0.2) is 0 Å². The molecule has 3 radical (unpaired) electrons. The Balaban J connectivity index is -0.00000000441. The first-order valence-electron chi connectivity index (χ1n) is 3.06. The van der Waals surface area contributed by atoms with E-state index in [4.69, 9.17) is 70.3 Å². The van der Waals surface area contributed by atoms with Gasteiger partial charge in [0, 0.05) is 45.9 Å². The summed E-state index contributed by atoms with van der Waals surface area (Å²) in [5.74, 6) is 0. The Hall–Kier alpha value is 6.22. The maximum atomic E-state index is 8.52. The molecule has 34 heteroatoms. The van der Waals surface area contributed by atoms with Crippen LogP contribution < -0.4 is 137 Å². The Labute approximate surface area is 387 Å². The zero-order valence-corrected chi connectivity index (χ0v) is 38.3. The van der Waals surface area contributed by atoms with Crippen LogP contribution in [0.1, 0.15) is 0 Å². The fraction of sp³-hybridized carbons (Fsp3) is 0. The number of hydrogen-bond donors (Lipinski definition) is 0. The molecule has 0 bridgehead atoms. The van der Waals surface area contributed by atoms with Crippen LogP contribution in [0.25, 0.3) is 0 Å². The van der Waals surface area contributed by atoms with Crippen molar-refractivity contribution in [3.63, 3.8) is 0 Å². The van der Waals surface area contributed by atoms with E-state index in [2.05, 4.69) is 0 Å². The molecule has 0 saturated carbocycles. The first-order chi connectivity index (χ1) is 8.66. The van der Waals surface area contributed by atoms with Gasteiger partial charge >= 0.3 is 253 Å². The second-order valence-corrected chi connectivity index (χ2v) is 3.75. The maximum Gasteiger partial charge on any atom is 2.00 e. The van der Waals surface area contributed by atoms with Gasteiger partial charge < -0.3 is 97.6 Å². The molecule has 5 N–H and O–H groups in total. The molecule has 0 aromatic rings. The second-order valence-electron chi connectivity index (χ2n) is 1.25. The molecule has 0 aromatic heterocycles. The van der Waals surface area contributed by atoms with Gasteiger partial charge in [-0.2, -0.15) is 0 Å². The second kappa shape index (κ2) is 127. The molecule has 0 rings (SSSR count). The quantitative estimate of drug-likeness (QED) is 0.205. The minimum absolute atomic E-state index is 0. The Morgan fingerprint density at radius 1 is 0.294 bits per heavy atom. The van der Waals surface area contributed by atoms with E-state index in [-0.39, 0.29) is 280 Å². The van der Waals surface area contributed by atoms with Crippen molar-refractivity contribution in [3.8, 4) is 0 Å². The van der Waals surface area contributed by atoms with E-state index in [0.717, 1.165) is 0 Å². The van der Waals surface area contributed by atoms with Gasteiger partial charge in [0.25, 0.3) is 0 Å². The minimum Gasteiger partial charge on any atom is -0.870 e. The molecule has 0 fully saturated rings. The van der Waals surface area contributed by atoms with E-state index in [1.54, 1.807) is 0 Å². The molecule has 175 valence electrons. The van der Waals surface area contributed by atoms with Crippen molar-refractivity contribution in [1.29, 1.82) is 0 Å². The van der Waals surface area contributed by atoms with Gasteiger partial charge in [0.1, 0.15) is 0 Å². The summed E-state index contributed by atoms with van der Waals surface area (Å²) in [7, 11) is -18.1. The maximum absolute atomic E-state index is 8.52. The molecular weight excluding hydrogens is 814 g/mol. The zero-order valence-electron chi connectivity index (χ0n) is 17.1. The summed E-state index contributed by atoms with van der Waals surface area (Å²) >= 11 is 0. The van der Waals surface area contributed by atoms with Gasteiger partial charge in [-0.15, -0.1) is 0 Å². The molecule has 0 saturated heterocycles. The molecule has 20 nitrogen and oxygen atoms in total. The van der Waals surface area contributed by atoms with Crippen LogP contribution in [-0.2, 0) is 73.5 Å². The molecule has 0 aromatic carbocycles. The topological polar surface area (TPSA) is 466 Å². The van der Waals surface area contributed by atoms with Crippen LogP contribution in [0.3, 0.4) is 0 Å². The molecule has 0 atom stereocenters. The molecule has 0 spiro atoms. The van der Waals surface area contributed by atoms with Crippen molar-refractivity contribution in [3.05, 3.63) is 0 Å². The van der Waals surface area contributed by atoms with Gasteiger partial charge in [-0.05, 0) is 0 Å². The van der Waals surface area contributed by atoms with Crippen LogP contribution in [0.4, 0.5) is 0 Å². The van der Waals surface area contributed by atoms with Crippen LogP contribution in [0.2, 0.25) is 0 Å². The Morgan fingerprint density at radius 2 is 0.294 bits per heavy atom.